The van der Waals surface area contributed by atoms with E-state index in [0.717, 1.165) is 5.56 Å². The number of carbonyl (C=O) groups excluding carboxylic acids is 2. The summed E-state index contributed by atoms with van der Waals surface area (Å²) in [5, 5.41) is 2.71. The van der Waals surface area contributed by atoms with Gasteiger partial charge in [-0.05, 0) is 19.4 Å². The monoisotopic (exact) mass is 290 g/mol. The summed E-state index contributed by atoms with van der Waals surface area (Å²) in [6.07, 6.45) is 0.981. The number of hydrogen-bond donors (Lipinski definition) is 1. The fourth-order valence-corrected chi connectivity index (χ4v) is 3.08. The molecule has 21 heavy (non-hydrogen) atoms. The van der Waals surface area contributed by atoms with Crippen molar-refractivity contribution in [2.24, 2.45) is 5.92 Å². The lowest BCUT2D eigenvalue weighted by Crippen LogP contribution is -2.47. The summed E-state index contributed by atoms with van der Waals surface area (Å²) in [7, 11) is 3.24. The number of hydrogen-bond acceptors (Lipinski definition) is 3. The molecule has 1 heterocycles. The second-order valence-electron chi connectivity index (χ2n) is 5.13. The Hall–Kier alpha value is -2.04. The molecule has 5 nitrogen and oxygen atoms in total. The van der Waals surface area contributed by atoms with E-state index in [9.17, 15) is 9.59 Å². The first kappa shape index (κ1) is 15.4. The van der Waals surface area contributed by atoms with Crippen molar-refractivity contribution in [1.29, 1.82) is 0 Å². The molecule has 0 spiro atoms. The summed E-state index contributed by atoms with van der Waals surface area (Å²) < 4.78 is 5.42. The minimum atomic E-state index is -0.271. The molecule has 1 saturated heterocycles. The van der Waals surface area contributed by atoms with Gasteiger partial charge in [-0.1, -0.05) is 18.2 Å². The number of ether oxygens (including phenoxy) is 1. The fraction of sp³-hybridized carbons (Fsp3) is 0.500. The highest BCUT2D eigenvalue weighted by Gasteiger charge is 2.40. The van der Waals surface area contributed by atoms with Crippen molar-refractivity contribution in [3.63, 3.8) is 0 Å². The average molecular weight is 290 g/mol. The Labute approximate surface area is 125 Å². The van der Waals surface area contributed by atoms with Gasteiger partial charge in [-0.2, -0.15) is 0 Å². The van der Waals surface area contributed by atoms with Gasteiger partial charge in [-0.25, -0.2) is 0 Å². The number of nitrogens with zero attached hydrogens (tertiary/aromatic N) is 1. The highest BCUT2D eigenvalue weighted by Crippen LogP contribution is 2.40. The van der Waals surface area contributed by atoms with E-state index in [1.807, 2.05) is 31.2 Å². The lowest BCUT2D eigenvalue weighted by molar-refractivity contribution is -0.143. The lowest BCUT2D eigenvalue weighted by atomic mass is 9.83. The Morgan fingerprint density at radius 3 is 2.76 bits per heavy atom. The molecule has 1 fully saturated rings. The standard InChI is InChI=1S/C16H22N2O3/c1-4-18-14(19)10-9-12(16(20)17-2)15(18)11-7-5-6-8-13(11)21-3/h5-8,12,15H,4,9-10H2,1-3H3,(H,17,20)/t12-,15+/m1/s1. The molecule has 1 aromatic rings. The molecule has 2 amide bonds. The number of rotatable bonds is 4. The van der Waals surface area contributed by atoms with Gasteiger partial charge in [0, 0.05) is 25.6 Å². The smallest absolute Gasteiger partial charge is 0.225 e. The quantitative estimate of drug-likeness (QED) is 0.919. The molecule has 5 heteroatoms. The normalized spacial score (nSPS) is 22.0. The third-order valence-electron chi connectivity index (χ3n) is 4.09. The van der Waals surface area contributed by atoms with Crippen LogP contribution < -0.4 is 10.1 Å². The van der Waals surface area contributed by atoms with Gasteiger partial charge in [-0.3, -0.25) is 9.59 Å². The first-order valence-corrected chi connectivity index (χ1v) is 7.28. The molecule has 1 aromatic carbocycles. The lowest BCUT2D eigenvalue weighted by Gasteiger charge is -2.40. The average Bonchev–Trinajstić information content (AvgIpc) is 2.53. The predicted octanol–water partition coefficient (Wildman–Crippen LogP) is 1.74. The van der Waals surface area contributed by atoms with Gasteiger partial charge >= 0.3 is 0 Å². The Balaban J connectivity index is 2.49. The van der Waals surface area contributed by atoms with Crippen molar-refractivity contribution in [2.75, 3.05) is 20.7 Å². The number of para-hydroxylation sites is 1. The summed E-state index contributed by atoms with van der Waals surface area (Å²) in [4.78, 5) is 26.2. The Kier molecular flexibility index (Phi) is 4.83. The highest BCUT2D eigenvalue weighted by atomic mass is 16.5. The number of nitrogens with one attached hydrogen (secondary N) is 1. The predicted molar refractivity (Wildman–Crippen MR) is 79.9 cm³/mol. The Bertz CT molecular complexity index is 530. The van der Waals surface area contributed by atoms with Crippen molar-refractivity contribution in [2.45, 2.75) is 25.8 Å². The number of amides is 2. The van der Waals surface area contributed by atoms with E-state index in [1.165, 1.54) is 0 Å². The fourth-order valence-electron chi connectivity index (χ4n) is 3.08. The molecule has 2 atom stereocenters. The van der Waals surface area contributed by atoms with Crippen LogP contribution in [0.5, 0.6) is 5.75 Å². The molecule has 2 rings (SSSR count). The maximum Gasteiger partial charge on any atom is 0.225 e. The molecular formula is C16H22N2O3. The molecule has 0 radical (unpaired) electrons. The summed E-state index contributed by atoms with van der Waals surface area (Å²) in [6, 6.07) is 7.32. The molecule has 0 aliphatic carbocycles. The number of likely N-dealkylation sites (tertiary alicyclic amines) is 1. The second kappa shape index (κ2) is 6.61. The van der Waals surface area contributed by atoms with Gasteiger partial charge in [0.2, 0.25) is 11.8 Å². The first-order chi connectivity index (χ1) is 10.1. The van der Waals surface area contributed by atoms with E-state index in [1.54, 1.807) is 19.1 Å². The van der Waals surface area contributed by atoms with E-state index in [2.05, 4.69) is 5.32 Å². The van der Waals surface area contributed by atoms with Crippen molar-refractivity contribution in [3.05, 3.63) is 29.8 Å². The van der Waals surface area contributed by atoms with Crippen LogP contribution in [0, 0.1) is 5.92 Å². The maximum absolute atomic E-state index is 12.2. The third-order valence-corrected chi connectivity index (χ3v) is 4.09. The van der Waals surface area contributed by atoms with E-state index >= 15 is 0 Å². The molecule has 0 aromatic heterocycles. The van der Waals surface area contributed by atoms with Crippen LogP contribution in [0.2, 0.25) is 0 Å². The van der Waals surface area contributed by atoms with Gasteiger partial charge in [0.1, 0.15) is 5.75 Å². The Morgan fingerprint density at radius 2 is 2.14 bits per heavy atom. The van der Waals surface area contributed by atoms with Gasteiger partial charge in [-0.15, -0.1) is 0 Å². The minimum absolute atomic E-state index is 0.0307. The van der Waals surface area contributed by atoms with Crippen LogP contribution in [0.1, 0.15) is 31.4 Å². The van der Waals surface area contributed by atoms with Crippen LogP contribution in [0.3, 0.4) is 0 Å². The van der Waals surface area contributed by atoms with Crippen molar-refractivity contribution < 1.29 is 14.3 Å². The van der Waals surface area contributed by atoms with Crippen molar-refractivity contribution in [1.82, 2.24) is 10.2 Å². The van der Waals surface area contributed by atoms with Gasteiger partial charge in [0.25, 0.3) is 0 Å². The Morgan fingerprint density at radius 1 is 1.43 bits per heavy atom. The minimum Gasteiger partial charge on any atom is -0.496 e. The maximum atomic E-state index is 12.2. The van der Waals surface area contributed by atoms with Crippen LogP contribution in [0.25, 0.3) is 0 Å². The van der Waals surface area contributed by atoms with Gasteiger partial charge in [0.15, 0.2) is 0 Å². The molecule has 0 bridgehead atoms. The SMILES string of the molecule is CCN1C(=O)CC[C@@H](C(=O)NC)[C@@H]1c1ccccc1OC. The molecule has 1 aliphatic heterocycles. The second-order valence-corrected chi connectivity index (χ2v) is 5.13. The van der Waals surface area contributed by atoms with Crippen molar-refractivity contribution in [3.8, 4) is 5.75 Å². The molecule has 1 aliphatic rings. The van der Waals surface area contributed by atoms with E-state index in [-0.39, 0.29) is 23.8 Å². The number of piperidine rings is 1. The summed E-state index contributed by atoms with van der Waals surface area (Å²) in [5.74, 6) is 0.527. The van der Waals surface area contributed by atoms with E-state index < -0.39 is 0 Å². The zero-order chi connectivity index (χ0) is 15.4. The van der Waals surface area contributed by atoms with Gasteiger partial charge in [0.05, 0.1) is 19.1 Å². The van der Waals surface area contributed by atoms with Gasteiger partial charge < -0.3 is 15.0 Å². The van der Waals surface area contributed by atoms with Crippen LogP contribution in [0.15, 0.2) is 24.3 Å². The summed E-state index contributed by atoms with van der Waals surface area (Å²) >= 11 is 0. The molecule has 114 valence electrons. The van der Waals surface area contributed by atoms with Crippen LogP contribution in [-0.4, -0.2) is 37.4 Å². The summed E-state index contributed by atoms with van der Waals surface area (Å²) in [5.41, 5.74) is 0.892. The zero-order valence-electron chi connectivity index (χ0n) is 12.8. The number of methoxy groups -OCH3 is 1. The van der Waals surface area contributed by atoms with E-state index in [0.29, 0.717) is 25.1 Å². The number of benzene rings is 1. The number of carbonyl (C=O) groups is 2. The topological polar surface area (TPSA) is 58.6 Å². The first-order valence-electron chi connectivity index (χ1n) is 7.28. The van der Waals surface area contributed by atoms with Crippen LogP contribution in [-0.2, 0) is 9.59 Å². The molecule has 0 saturated carbocycles. The zero-order valence-corrected chi connectivity index (χ0v) is 12.8. The van der Waals surface area contributed by atoms with Crippen LogP contribution >= 0.6 is 0 Å². The third kappa shape index (κ3) is 2.86. The highest BCUT2D eigenvalue weighted by molar-refractivity contribution is 5.85. The molecular weight excluding hydrogens is 268 g/mol. The molecule has 1 N–H and O–H groups in total. The van der Waals surface area contributed by atoms with Crippen molar-refractivity contribution >= 4 is 11.8 Å². The summed E-state index contributed by atoms with van der Waals surface area (Å²) in [6.45, 7) is 2.52. The van der Waals surface area contributed by atoms with Crippen LogP contribution in [0.4, 0.5) is 0 Å². The largest absolute Gasteiger partial charge is 0.496 e. The molecule has 0 unspecified atom stereocenters. The van der Waals surface area contributed by atoms with E-state index in [4.69, 9.17) is 4.74 Å².